The van der Waals surface area contributed by atoms with Crippen molar-refractivity contribution in [3.8, 4) is 0 Å². The normalized spacial score (nSPS) is 32.8. The lowest BCUT2D eigenvalue weighted by Crippen LogP contribution is -2.49. The van der Waals surface area contributed by atoms with Gasteiger partial charge in [-0.15, -0.1) is 0 Å². The number of rotatable bonds is 3. The van der Waals surface area contributed by atoms with Crippen molar-refractivity contribution in [3.05, 3.63) is 42.0 Å². The third-order valence-electron chi connectivity index (χ3n) is 7.01. The van der Waals surface area contributed by atoms with E-state index in [1.54, 1.807) is 0 Å². The maximum atomic E-state index is 13.3. The van der Waals surface area contributed by atoms with Crippen LogP contribution >= 0.6 is 0 Å². The lowest BCUT2D eigenvalue weighted by atomic mass is 9.63. The highest BCUT2D eigenvalue weighted by molar-refractivity contribution is 6.07. The number of carbonyl (C=O) groups excluding carboxylic acids is 3. The predicted octanol–water partition coefficient (Wildman–Crippen LogP) is 3.61. The van der Waals surface area contributed by atoms with E-state index in [0.717, 1.165) is 18.6 Å². The van der Waals surface area contributed by atoms with Gasteiger partial charge in [0, 0.05) is 5.69 Å². The molecule has 170 valence electrons. The number of amides is 3. The first-order valence-electron chi connectivity index (χ1n) is 9.99. The van der Waals surface area contributed by atoms with Gasteiger partial charge in [-0.05, 0) is 48.3 Å². The van der Waals surface area contributed by atoms with Gasteiger partial charge in [0.25, 0.3) is 0 Å². The number of allylic oxidation sites excluding steroid dienone is 2. The number of nitrogens with zero attached hydrogens (tertiary/aromatic N) is 2. The molecule has 11 heteroatoms. The van der Waals surface area contributed by atoms with Gasteiger partial charge in [-0.25, -0.2) is 0 Å². The summed E-state index contributed by atoms with van der Waals surface area (Å²) >= 11 is 0. The van der Waals surface area contributed by atoms with Gasteiger partial charge >= 0.3 is 18.3 Å². The van der Waals surface area contributed by atoms with Gasteiger partial charge in [0.2, 0.25) is 11.8 Å². The molecule has 1 saturated heterocycles. The van der Waals surface area contributed by atoms with Gasteiger partial charge in [0.05, 0.1) is 17.4 Å². The summed E-state index contributed by atoms with van der Waals surface area (Å²) in [5.74, 6) is -5.08. The highest BCUT2D eigenvalue weighted by atomic mass is 19.4. The summed E-state index contributed by atoms with van der Waals surface area (Å²) < 4.78 is 79.0. The Morgan fingerprint density at radius 3 is 2.03 bits per heavy atom. The van der Waals surface area contributed by atoms with Crippen molar-refractivity contribution in [3.63, 3.8) is 0 Å². The molecule has 1 aliphatic heterocycles. The minimum Gasteiger partial charge on any atom is -0.286 e. The van der Waals surface area contributed by atoms with Crippen LogP contribution in [0.25, 0.3) is 0 Å². The van der Waals surface area contributed by atoms with Crippen LogP contribution in [0.5, 0.6) is 0 Å². The third kappa shape index (κ3) is 3.04. The second-order valence-corrected chi connectivity index (χ2v) is 8.68. The molecule has 2 bridgehead atoms. The lowest BCUT2D eigenvalue weighted by Gasteiger charge is -2.37. The quantitative estimate of drug-likeness (QED) is 0.395. The van der Waals surface area contributed by atoms with Gasteiger partial charge in [-0.3, -0.25) is 24.2 Å². The molecule has 6 rings (SSSR count). The van der Waals surface area contributed by atoms with Gasteiger partial charge in [-0.1, -0.05) is 18.2 Å². The summed E-state index contributed by atoms with van der Waals surface area (Å²) in [4.78, 5) is 38.8. The first-order chi connectivity index (χ1) is 14.9. The predicted molar refractivity (Wildman–Crippen MR) is 96.4 cm³/mol. The van der Waals surface area contributed by atoms with E-state index < -0.39 is 59.8 Å². The van der Waals surface area contributed by atoms with Crippen molar-refractivity contribution in [2.75, 3.05) is 11.6 Å². The minimum absolute atomic E-state index is 0.0123. The summed E-state index contributed by atoms with van der Waals surface area (Å²) in [7, 11) is 0. The fourth-order valence-electron chi connectivity index (χ4n) is 5.57. The van der Waals surface area contributed by atoms with Crippen LogP contribution in [-0.4, -0.2) is 35.5 Å². The van der Waals surface area contributed by atoms with E-state index >= 15 is 0 Å². The summed E-state index contributed by atoms with van der Waals surface area (Å²) in [5, 5.41) is 0. The molecule has 3 fully saturated rings. The fraction of sp³-hybridized carbons (Fsp3) is 0.476. The standard InChI is InChI=1S/C21H16F6N2O3/c22-20(23,24)9-2-1-3-10(6-9)28(19(32)21(25,26)27)8-29-17(30)15-11-4-5-12(14-7-13(11)14)16(15)18(29)31/h1-6,11-16H,7-8H2. The summed E-state index contributed by atoms with van der Waals surface area (Å²) in [5.41, 5.74) is -1.97. The Balaban J connectivity index is 1.48. The van der Waals surface area contributed by atoms with Crippen molar-refractivity contribution in [1.82, 2.24) is 4.90 Å². The lowest BCUT2D eigenvalue weighted by molar-refractivity contribution is -0.171. The molecule has 3 amide bonds. The van der Waals surface area contributed by atoms with Crippen LogP contribution in [-0.2, 0) is 20.6 Å². The van der Waals surface area contributed by atoms with Crippen molar-refractivity contribution in [1.29, 1.82) is 0 Å². The molecule has 1 aromatic carbocycles. The molecule has 0 spiro atoms. The molecule has 5 aliphatic rings. The number of likely N-dealkylation sites (tertiary alicyclic amines) is 1. The molecule has 4 aliphatic carbocycles. The number of alkyl halides is 6. The third-order valence-corrected chi connectivity index (χ3v) is 7.01. The summed E-state index contributed by atoms with van der Waals surface area (Å²) in [6.07, 6.45) is -5.64. The van der Waals surface area contributed by atoms with E-state index in [-0.39, 0.29) is 28.6 Å². The molecule has 1 heterocycles. The smallest absolute Gasteiger partial charge is 0.286 e. The molecular weight excluding hydrogens is 442 g/mol. The van der Waals surface area contributed by atoms with Crippen LogP contribution < -0.4 is 4.90 Å². The minimum atomic E-state index is -5.42. The average Bonchev–Trinajstić information content (AvgIpc) is 3.50. The van der Waals surface area contributed by atoms with Gasteiger partial charge in [0.15, 0.2) is 0 Å². The van der Waals surface area contributed by atoms with E-state index in [2.05, 4.69) is 0 Å². The largest absolute Gasteiger partial charge is 0.471 e. The van der Waals surface area contributed by atoms with E-state index in [9.17, 15) is 40.7 Å². The SMILES string of the molecule is O=C1C2C3C=CC(C4CC34)C2C(=O)N1CN(C(=O)C(F)(F)F)c1cccc(C(F)(F)F)c1. The number of hydrogen-bond acceptors (Lipinski definition) is 3. The van der Waals surface area contributed by atoms with Crippen LogP contribution in [0, 0.1) is 35.5 Å². The average molecular weight is 458 g/mol. The van der Waals surface area contributed by atoms with Crippen molar-refractivity contribution >= 4 is 23.4 Å². The Labute approximate surface area is 177 Å². The van der Waals surface area contributed by atoms with Crippen LogP contribution in [0.15, 0.2) is 36.4 Å². The Bertz CT molecular complexity index is 1010. The Morgan fingerprint density at radius 1 is 0.969 bits per heavy atom. The molecule has 0 radical (unpaired) electrons. The summed E-state index contributed by atoms with van der Waals surface area (Å²) in [6.45, 7) is -1.10. The molecule has 0 aromatic heterocycles. The Morgan fingerprint density at radius 2 is 1.53 bits per heavy atom. The molecule has 2 saturated carbocycles. The molecular formula is C21H16F6N2O3. The fourth-order valence-corrected chi connectivity index (χ4v) is 5.57. The number of anilines is 1. The first-order valence-corrected chi connectivity index (χ1v) is 9.99. The van der Waals surface area contributed by atoms with E-state index in [4.69, 9.17) is 0 Å². The molecule has 1 aromatic rings. The van der Waals surface area contributed by atoms with E-state index in [1.807, 2.05) is 12.2 Å². The van der Waals surface area contributed by atoms with Crippen molar-refractivity contribution in [2.45, 2.75) is 18.8 Å². The molecule has 5 nitrogen and oxygen atoms in total. The first kappa shape index (κ1) is 21.0. The molecule has 32 heavy (non-hydrogen) atoms. The number of imide groups is 1. The Hall–Kier alpha value is -2.85. The highest BCUT2D eigenvalue weighted by Crippen LogP contribution is 2.65. The summed E-state index contributed by atoms with van der Waals surface area (Å²) in [6, 6.07) is 2.80. The maximum Gasteiger partial charge on any atom is 0.471 e. The van der Waals surface area contributed by atoms with Crippen molar-refractivity contribution in [2.24, 2.45) is 35.5 Å². The zero-order chi connectivity index (χ0) is 23.2. The highest BCUT2D eigenvalue weighted by Gasteiger charge is 2.67. The molecule has 6 unspecified atom stereocenters. The van der Waals surface area contributed by atoms with Crippen LogP contribution in [0.3, 0.4) is 0 Å². The molecule has 0 N–H and O–H groups in total. The number of benzene rings is 1. The number of carbonyl (C=O) groups is 3. The second kappa shape index (κ2) is 6.58. The zero-order valence-electron chi connectivity index (χ0n) is 16.2. The number of hydrogen-bond donors (Lipinski definition) is 0. The second-order valence-electron chi connectivity index (χ2n) is 8.68. The van der Waals surface area contributed by atoms with Gasteiger partial charge in [-0.2, -0.15) is 26.3 Å². The monoisotopic (exact) mass is 458 g/mol. The van der Waals surface area contributed by atoms with Crippen molar-refractivity contribution < 1.29 is 40.7 Å². The zero-order valence-corrected chi connectivity index (χ0v) is 16.2. The van der Waals surface area contributed by atoms with Crippen LogP contribution in [0.1, 0.15) is 12.0 Å². The van der Waals surface area contributed by atoms with Gasteiger partial charge < -0.3 is 0 Å². The topological polar surface area (TPSA) is 57.7 Å². The van der Waals surface area contributed by atoms with E-state index in [1.165, 1.54) is 0 Å². The molecule has 6 atom stereocenters. The Kier molecular flexibility index (Phi) is 4.32. The maximum absolute atomic E-state index is 13.3. The number of halogens is 6. The van der Waals surface area contributed by atoms with Crippen LogP contribution in [0.4, 0.5) is 32.0 Å². The van der Waals surface area contributed by atoms with Gasteiger partial charge in [0.1, 0.15) is 6.67 Å². The van der Waals surface area contributed by atoms with E-state index in [0.29, 0.717) is 17.0 Å². The van der Waals surface area contributed by atoms with Crippen LogP contribution in [0.2, 0.25) is 0 Å².